The molecule has 0 unspecified atom stereocenters. The average molecular weight is 368 g/mol. The van der Waals surface area contributed by atoms with E-state index in [9.17, 15) is 4.79 Å². The van der Waals surface area contributed by atoms with Crippen molar-refractivity contribution in [2.24, 2.45) is 0 Å². The third-order valence-corrected chi connectivity index (χ3v) is 4.65. The molecule has 0 radical (unpaired) electrons. The van der Waals surface area contributed by atoms with Gasteiger partial charge in [0.2, 0.25) is 5.91 Å². The molecule has 120 valence electrons. The molecule has 0 saturated heterocycles. The molecule has 6 nitrogen and oxygen atoms in total. The first kappa shape index (κ1) is 16.7. The maximum absolute atomic E-state index is 11.8. The van der Waals surface area contributed by atoms with Gasteiger partial charge in [0, 0.05) is 31.4 Å². The Bertz CT molecular complexity index is 646. The highest BCUT2D eigenvalue weighted by molar-refractivity contribution is 9.10. The number of nitrogens with zero attached hydrogens (tertiary/aromatic N) is 4. The summed E-state index contributed by atoms with van der Waals surface area (Å²) in [5, 5.41) is 11.6. The second-order valence-electron chi connectivity index (χ2n) is 5.38. The maximum atomic E-state index is 11.8. The van der Waals surface area contributed by atoms with E-state index in [0.29, 0.717) is 19.5 Å². The summed E-state index contributed by atoms with van der Waals surface area (Å²) in [7, 11) is 0. The van der Waals surface area contributed by atoms with Gasteiger partial charge < -0.3 is 5.32 Å². The van der Waals surface area contributed by atoms with E-state index in [2.05, 4.69) is 31.4 Å². The summed E-state index contributed by atoms with van der Waals surface area (Å²) < 4.78 is 4.78. The molecule has 0 aliphatic carbocycles. The third kappa shape index (κ3) is 4.43. The molecular formula is C15H22BrN5O. The molecule has 0 aliphatic heterocycles. The van der Waals surface area contributed by atoms with Crippen molar-refractivity contribution in [2.45, 2.75) is 46.7 Å². The van der Waals surface area contributed by atoms with Gasteiger partial charge in [-0.2, -0.15) is 10.2 Å². The van der Waals surface area contributed by atoms with Gasteiger partial charge in [-0.25, -0.2) is 0 Å². The molecule has 7 heteroatoms. The predicted octanol–water partition coefficient (Wildman–Crippen LogP) is 2.36. The number of rotatable bonds is 7. The number of halogens is 1. The minimum Gasteiger partial charge on any atom is -0.356 e. The molecule has 0 saturated carbocycles. The first-order valence-electron chi connectivity index (χ1n) is 7.43. The van der Waals surface area contributed by atoms with Crippen molar-refractivity contribution in [3.05, 3.63) is 33.8 Å². The standard InChI is InChI=1S/C15H22BrN5O/c1-11-5-9-20(18-11)8-4-7-17-14(22)6-10-21-13(3)15(16)12(2)19-21/h5,9H,4,6-8,10H2,1-3H3,(H,17,22). The van der Waals surface area contributed by atoms with Crippen LogP contribution >= 0.6 is 15.9 Å². The van der Waals surface area contributed by atoms with Gasteiger partial charge in [0.1, 0.15) is 0 Å². The lowest BCUT2D eigenvalue weighted by atomic mass is 10.3. The Morgan fingerprint density at radius 3 is 2.64 bits per heavy atom. The van der Waals surface area contributed by atoms with Crippen LogP contribution < -0.4 is 5.32 Å². The van der Waals surface area contributed by atoms with Gasteiger partial charge >= 0.3 is 0 Å². The molecule has 0 spiro atoms. The summed E-state index contributed by atoms with van der Waals surface area (Å²) in [5.41, 5.74) is 3.02. The molecule has 0 bridgehead atoms. The van der Waals surface area contributed by atoms with Crippen LogP contribution in [0, 0.1) is 20.8 Å². The van der Waals surface area contributed by atoms with Crippen LogP contribution in [0.2, 0.25) is 0 Å². The zero-order valence-electron chi connectivity index (χ0n) is 13.3. The number of aryl methyl sites for hydroxylation is 4. The van der Waals surface area contributed by atoms with Crippen LogP contribution in [0.4, 0.5) is 0 Å². The van der Waals surface area contributed by atoms with Crippen LogP contribution in [0.1, 0.15) is 29.9 Å². The lowest BCUT2D eigenvalue weighted by Gasteiger charge is -2.07. The lowest BCUT2D eigenvalue weighted by molar-refractivity contribution is -0.121. The fourth-order valence-corrected chi connectivity index (χ4v) is 2.53. The Labute approximate surface area is 139 Å². The van der Waals surface area contributed by atoms with Crippen LogP contribution in [-0.2, 0) is 17.9 Å². The van der Waals surface area contributed by atoms with E-state index in [1.807, 2.05) is 42.4 Å². The largest absolute Gasteiger partial charge is 0.356 e. The highest BCUT2D eigenvalue weighted by Gasteiger charge is 2.09. The van der Waals surface area contributed by atoms with E-state index in [-0.39, 0.29) is 5.91 Å². The van der Waals surface area contributed by atoms with Gasteiger partial charge in [0.15, 0.2) is 0 Å². The molecule has 1 amide bonds. The summed E-state index contributed by atoms with van der Waals surface area (Å²) in [6.45, 7) is 7.99. The van der Waals surface area contributed by atoms with Crippen LogP contribution in [-0.4, -0.2) is 32.0 Å². The minimum atomic E-state index is 0.0559. The number of carbonyl (C=O) groups is 1. The quantitative estimate of drug-likeness (QED) is 0.764. The van der Waals surface area contributed by atoms with E-state index >= 15 is 0 Å². The molecule has 0 fully saturated rings. The molecule has 1 N–H and O–H groups in total. The summed E-state index contributed by atoms with van der Waals surface area (Å²) in [6, 6.07) is 1.98. The summed E-state index contributed by atoms with van der Waals surface area (Å²) in [6.07, 6.45) is 3.27. The highest BCUT2D eigenvalue weighted by atomic mass is 79.9. The first-order chi connectivity index (χ1) is 10.5. The minimum absolute atomic E-state index is 0.0559. The Morgan fingerprint density at radius 1 is 1.27 bits per heavy atom. The fraction of sp³-hybridized carbons (Fsp3) is 0.533. The molecule has 2 aromatic heterocycles. The topological polar surface area (TPSA) is 64.7 Å². The Kier molecular flexibility index (Phi) is 5.76. The van der Waals surface area contributed by atoms with Crippen molar-refractivity contribution >= 4 is 21.8 Å². The molecule has 22 heavy (non-hydrogen) atoms. The van der Waals surface area contributed by atoms with Gasteiger partial charge in [0.25, 0.3) is 0 Å². The Morgan fingerprint density at radius 2 is 2.05 bits per heavy atom. The number of nitrogens with one attached hydrogen (secondary N) is 1. The number of hydrogen-bond donors (Lipinski definition) is 1. The second-order valence-corrected chi connectivity index (χ2v) is 6.17. The van der Waals surface area contributed by atoms with Crippen LogP contribution in [0.25, 0.3) is 0 Å². The summed E-state index contributed by atoms with van der Waals surface area (Å²) in [5.74, 6) is 0.0559. The number of amides is 1. The number of hydrogen-bond acceptors (Lipinski definition) is 3. The van der Waals surface area contributed by atoms with Gasteiger partial charge in [-0.05, 0) is 49.2 Å². The van der Waals surface area contributed by atoms with Crippen molar-refractivity contribution in [1.82, 2.24) is 24.9 Å². The van der Waals surface area contributed by atoms with Gasteiger partial charge in [-0.3, -0.25) is 14.2 Å². The molecule has 2 heterocycles. The normalized spacial score (nSPS) is 10.9. The Hall–Kier alpha value is -1.63. The number of carbonyl (C=O) groups excluding carboxylic acids is 1. The van der Waals surface area contributed by atoms with E-state index in [4.69, 9.17) is 0 Å². The predicted molar refractivity (Wildman–Crippen MR) is 88.6 cm³/mol. The van der Waals surface area contributed by atoms with Gasteiger partial charge in [-0.15, -0.1) is 0 Å². The van der Waals surface area contributed by atoms with Gasteiger partial charge in [-0.1, -0.05) is 0 Å². The molecule has 2 rings (SSSR count). The monoisotopic (exact) mass is 367 g/mol. The van der Waals surface area contributed by atoms with Crippen LogP contribution in [0.5, 0.6) is 0 Å². The highest BCUT2D eigenvalue weighted by Crippen LogP contribution is 2.19. The zero-order valence-corrected chi connectivity index (χ0v) is 14.9. The maximum Gasteiger partial charge on any atom is 0.221 e. The summed E-state index contributed by atoms with van der Waals surface area (Å²) >= 11 is 3.49. The molecule has 2 aromatic rings. The lowest BCUT2D eigenvalue weighted by Crippen LogP contribution is -2.26. The van der Waals surface area contributed by atoms with E-state index < -0.39 is 0 Å². The smallest absolute Gasteiger partial charge is 0.221 e. The van der Waals surface area contributed by atoms with Crippen LogP contribution in [0.3, 0.4) is 0 Å². The van der Waals surface area contributed by atoms with E-state index in [1.54, 1.807) is 0 Å². The second kappa shape index (κ2) is 7.58. The molecule has 0 atom stereocenters. The third-order valence-electron chi connectivity index (χ3n) is 3.50. The van der Waals surface area contributed by atoms with Crippen molar-refractivity contribution in [1.29, 1.82) is 0 Å². The van der Waals surface area contributed by atoms with E-state index in [1.165, 1.54) is 0 Å². The van der Waals surface area contributed by atoms with Crippen molar-refractivity contribution < 1.29 is 4.79 Å². The summed E-state index contributed by atoms with van der Waals surface area (Å²) in [4.78, 5) is 11.8. The number of aromatic nitrogens is 4. The molecule has 0 aromatic carbocycles. The average Bonchev–Trinajstić information content (AvgIpc) is 3.00. The Balaban J connectivity index is 1.66. The van der Waals surface area contributed by atoms with Crippen LogP contribution in [0.15, 0.2) is 16.7 Å². The zero-order chi connectivity index (χ0) is 16.1. The fourth-order valence-electron chi connectivity index (χ4n) is 2.25. The SMILES string of the molecule is Cc1ccn(CCCNC(=O)CCn2nc(C)c(Br)c2C)n1. The van der Waals surface area contributed by atoms with Crippen molar-refractivity contribution in [3.8, 4) is 0 Å². The molecule has 0 aliphatic rings. The first-order valence-corrected chi connectivity index (χ1v) is 8.23. The van der Waals surface area contributed by atoms with E-state index in [0.717, 1.165) is 34.5 Å². The van der Waals surface area contributed by atoms with Crippen molar-refractivity contribution in [2.75, 3.05) is 6.54 Å². The van der Waals surface area contributed by atoms with Gasteiger partial charge in [0.05, 0.1) is 22.4 Å². The molecular weight excluding hydrogens is 346 g/mol. The van der Waals surface area contributed by atoms with Crippen molar-refractivity contribution in [3.63, 3.8) is 0 Å².